The summed E-state index contributed by atoms with van der Waals surface area (Å²) in [7, 11) is 0. The highest BCUT2D eigenvalue weighted by Gasteiger charge is 2.08. The van der Waals surface area contributed by atoms with Gasteiger partial charge in [0, 0.05) is 17.2 Å². The van der Waals surface area contributed by atoms with Gasteiger partial charge in [-0.2, -0.15) is 5.10 Å². The van der Waals surface area contributed by atoms with Crippen molar-refractivity contribution < 1.29 is 4.39 Å². The second kappa shape index (κ2) is 8.22. The van der Waals surface area contributed by atoms with Gasteiger partial charge in [-0.15, -0.1) is 0 Å². The summed E-state index contributed by atoms with van der Waals surface area (Å²) in [6.07, 6.45) is 1.55. The van der Waals surface area contributed by atoms with E-state index in [9.17, 15) is 4.39 Å². The van der Waals surface area contributed by atoms with Crippen LogP contribution in [0.2, 0.25) is 0 Å². The third kappa shape index (κ3) is 4.27. The molecule has 5 heteroatoms. The molecule has 1 heterocycles. The van der Waals surface area contributed by atoms with Crippen LogP contribution in [-0.4, -0.2) is 16.2 Å². The maximum Gasteiger partial charge on any atom is 0.162 e. The standard InChI is InChI=1S/C23H17FN4/c24-20-13-7-8-17(14-20)16-25-28-22-15-21(18-9-3-1-4-10-18)26-23(27-22)19-11-5-2-6-12-19/h1-16H,(H,26,27,28)/b25-16-. The molecule has 0 spiro atoms. The van der Waals surface area contributed by atoms with Crippen molar-refractivity contribution in [2.45, 2.75) is 0 Å². The maximum atomic E-state index is 13.3. The highest BCUT2D eigenvalue weighted by atomic mass is 19.1. The van der Waals surface area contributed by atoms with Crippen molar-refractivity contribution in [3.63, 3.8) is 0 Å². The van der Waals surface area contributed by atoms with E-state index >= 15 is 0 Å². The van der Waals surface area contributed by atoms with E-state index in [-0.39, 0.29) is 5.82 Å². The molecule has 0 unspecified atom stereocenters. The first kappa shape index (κ1) is 17.5. The van der Waals surface area contributed by atoms with Crippen molar-refractivity contribution in [1.29, 1.82) is 0 Å². The minimum Gasteiger partial charge on any atom is -0.261 e. The van der Waals surface area contributed by atoms with Gasteiger partial charge < -0.3 is 0 Å². The molecule has 0 saturated heterocycles. The van der Waals surface area contributed by atoms with E-state index in [0.29, 0.717) is 17.2 Å². The summed E-state index contributed by atoms with van der Waals surface area (Å²) in [6.45, 7) is 0. The van der Waals surface area contributed by atoms with Gasteiger partial charge >= 0.3 is 0 Å². The average Bonchev–Trinajstić information content (AvgIpc) is 2.75. The summed E-state index contributed by atoms with van der Waals surface area (Å²) in [5.41, 5.74) is 6.28. The molecule has 0 saturated carbocycles. The quantitative estimate of drug-likeness (QED) is 0.379. The van der Waals surface area contributed by atoms with E-state index in [2.05, 4.69) is 15.5 Å². The van der Waals surface area contributed by atoms with Crippen molar-refractivity contribution in [3.05, 3.63) is 102 Å². The van der Waals surface area contributed by atoms with E-state index < -0.39 is 0 Å². The average molecular weight is 368 g/mol. The number of benzene rings is 3. The lowest BCUT2D eigenvalue weighted by atomic mass is 10.1. The Morgan fingerprint density at radius 3 is 2.18 bits per heavy atom. The molecule has 4 nitrogen and oxygen atoms in total. The fourth-order valence-corrected chi connectivity index (χ4v) is 2.74. The topological polar surface area (TPSA) is 50.2 Å². The zero-order valence-electron chi connectivity index (χ0n) is 15.0. The molecular weight excluding hydrogens is 351 g/mol. The number of hydrogen-bond acceptors (Lipinski definition) is 4. The molecule has 0 aliphatic carbocycles. The molecule has 0 bridgehead atoms. The molecule has 28 heavy (non-hydrogen) atoms. The Labute approximate surface area is 162 Å². The van der Waals surface area contributed by atoms with Crippen LogP contribution >= 0.6 is 0 Å². The predicted molar refractivity (Wildman–Crippen MR) is 111 cm³/mol. The van der Waals surface area contributed by atoms with E-state index in [1.807, 2.05) is 66.7 Å². The normalized spacial score (nSPS) is 10.9. The largest absolute Gasteiger partial charge is 0.261 e. The molecule has 0 aliphatic heterocycles. The zero-order valence-corrected chi connectivity index (χ0v) is 15.0. The Morgan fingerprint density at radius 1 is 0.750 bits per heavy atom. The smallest absolute Gasteiger partial charge is 0.162 e. The Kier molecular flexibility index (Phi) is 5.15. The van der Waals surface area contributed by atoms with Crippen LogP contribution in [0.4, 0.5) is 10.2 Å². The summed E-state index contributed by atoms with van der Waals surface area (Å²) in [5, 5.41) is 4.19. The van der Waals surface area contributed by atoms with E-state index in [1.165, 1.54) is 12.1 Å². The minimum atomic E-state index is -0.302. The number of nitrogens with one attached hydrogen (secondary N) is 1. The second-order valence-electron chi connectivity index (χ2n) is 6.12. The molecule has 3 aromatic carbocycles. The van der Waals surface area contributed by atoms with Crippen molar-refractivity contribution in [1.82, 2.24) is 9.97 Å². The Balaban J connectivity index is 1.68. The van der Waals surface area contributed by atoms with Gasteiger partial charge in [0.05, 0.1) is 11.9 Å². The van der Waals surface area contributed by atoms with Gasteiger partial charge in [0.2, 0.25) is 0 Å². The number of rotatable bonds is 5. The molecule has 0 radical (unpaired) electrons. The van der Waals surface area contributed by atoms with E-state index in [4.69, 9.17) is 4.98 Å². The van der Waals surface area contributed by atoms with Gasteiger partial charge in [0.1, 0.15) is 5.82 Å². The van der Waals surface area contributed by atoms with Crippen molar-refractivity contribution in [2.75, 3.05) is 5.43 Å². The maximum absolute atomic E-state index is 13.3. The molecule has 4 aromatic rings. The lowest BCUT2D eigenvalue weighted by Crippen LogP contribution is -1.99. The molecule has 1 N–H and O–H groups in total. The summed E-state index contributed by atoms with van der Waals surface area (Å²) in [5.74, 6) is 0.856. The third-order valence-corrected chi connectivity index (χ3v) is 4.07. The monoisotopic (exact) mass is 368 g/mol. The first-order chi connectivity index (χ1) is 13.8. The third-order valence-electron chi connectivity index (χ3n) is 4.07. The van der Waals surface area contributed by atoms with E-state index in [1.54, 1.807) is 18.3 Å². The highest BCUT2D eigenvalue weighted by molar-refractivity contribution is 5.80. The predicted octanol–water partition coefficient (Wildman–Crippen LogP) is 5.40. The van der Waals surface area contributed by atoms with Crippen molar-refractivity contribution >= 4 is 12.0 Å². The fraction of sp³-hybridized carbons (Fsp3) is 0. The van der Waals surface area contributed by atoms with Gasteiger partial charge in [-0.05, 0) is 17.7 Å². The minimum absolute atomic E-state index is 0.302. The summed E-state index contributed by atoms with van der Waals surface area (Å²) >= 11 is 0. The van der Waals surface area contributed by atoms with Crippen LogP contribution in [0.5, 0.6) is 0 Å². The number of halogens is 1. The first-order valence-electron chi connectivity index (χ1n) is 8.82. The van der Waals surface area contributed by atoms with Gasteiger partial charge in [-0.25, -0.2) is 14.4 Å². The molecular formula is C23H17FN4. The van der Waals surface area contributed by atoms with Gasteiger partial charge in [0.15, 0.2) is 11.6 Å². The van der Waals surface area contributed by atoms with Crippen LogP contribution in [0.15, 0.2) is 96.1 Å². The number of anilines is 1. The number of aromatic nitrogens is 2. The number of hydrazone groups is 1. The van der Waals surface area contributed by atoms with Crippen LogP contribution < -0.4 is 5.43 Å². The SMILES string of the molecule is Fc1cccc(/C=N\Nc2cc(-c3ccccc3)nc(-c3ccccc3)n2)c1. The van der Waals surface area contributed by atoms with Gasteiger partial charge in [0.25, 0.3) is 0 Å². The lowest BCUT2D eigenvalue weighted by molar-refractivity contribution is 0.627. The fourth-order valence-electron chi connectivity index (χ4n) is 2.74. The van der Waals surface area contributed by atoms with Crippen LogP contribution in [-0.2, 0) is 0 Å². The van der Waals surface area contributed by atoms with Crippen molar-refractivity contribution in [2.24, 2.45) is 5.10 Å². The summed E-state index contributed by atoms with van der Waals surface area (Å²) in [6, 6.07) is 27.7. The highest BCUT2D eigenvalue weighted by Crippen LogP contribution is 2.24. The molecule has 136 valence electrons. The summed E-state index contributed by atoms with van der Waals surface area (Å²) < 4.78 is 13.3. The lowest BCUT2D eigenvalue weighted by Gasteiger charge is -2.08. The summed E-state index contributed by atoms with van der Waals surface area (Å²) in [4.78, 5) is 9.27. The molecule has 1 aromatic heterocycles. The number of hydrogen-bond donors (Lipinski definition) is 1. The molecule has 0 fully saturated rings. The second-order valence-corrected chi connectivity index (χ2v) is 6.12. The Morgan fingerprint density at radius 2 is 1.46 bits per heavy atom. The van der Waals surface area contributed by atoms with Crippen molar-refractivity contribution in [3.8, 4) is 22.6 Å². The molecule has 0 amide bonds. The Bertz CT molecular complexity index is 1040. The Hall–Kier alpha value is -3.86. The molecule has 0 atom stereocenters. The van der Waals surface area contributed by atoms with Gasteiger partial charge in [-0.1, -0.05) is 72.8 Å². The van der Waals surface area contributed by atoms with Crippen LogP contribution in [0, 0.1) is 5.82 Å². The van der Waals surface area contributed by atoms with Crippen LogP contribution in [0.25, 0.3) is 22.6 Å². The van der Waals surface area contributed by atoms with Crippen LogP contribution in [0.3, 0.4) is 0 Å². The van der Waals surface area contributed by atoms with Gasteiger partial charge in [-0.3, -0.25) is 5.43 Å². The molecule has 0 aliphatic rings. The van der Waals surface area contributed by atoms with E-state index in [0.717, 1.165) is 16.8 Å². The molecule has 4 rings (SSSR count). The number of nitrogens with zero attached hydrogens (tertiary/aromatic N) is 3. The van der Waals surface area contributed by atoms with Crippen LogP contribution in [0.1, 0.15) is 5.56 Å². The zero-order chi connectivity index (χ0) is 19.2. The first-order valence-corrected chi connectivity index (χ1v) is 8.82.